The first-order valence-electron chi connectivity index (χ1n) is 9.73. The van der Waals surface area contributed by atoms with E-state index in [0.29, 0.717) is 6.61 Å². The number of aliphatic carboxylic acids is 1. The molecule has 28 heavy (non-hydrogen) atoms. The Labute approximate surface area is 165 Å². The van der Waals surface area contributed by atoms with Crippen LogP contribution < -0.4 is 10.1 Å². The number of hydrogen-bond acceptors (Lipinski definition) is 4. The van der Waals surface area contributed by atoms with Gasteiger partial charge in [-0.15, -0.1) is 0 Å². The van der Waals surface area contributed by atoms with E-state index < -0.39 is 5.97 Å². The number of pyridine rings is 1. The number of nitrogens with one attached hydrogen (secondary N) is 1. The Morgan fingerprint density at radius 1 is 1.18 bits per heavy atom. The van der Waals surface area contributed by atoms with Crippen molar-refractivity contribution in [1.82, 2.24) is 9.55 Å². The largest absolute Gasteiger partial charge is 0.493 e. The number of aryl methyl sites for hydroxylation is 1. The molecule has 0 atom stereocenters. The number of carboxylic acids is 1. The lowest BCUT2D eigenvalue weighted by Gasteiger charge is -2.09. The van der Waals surface area contributed by atoms with E-state index in [9.17, 15) is 4.79 Å². The maximum atomic E-state index is 10.6. The third kappa shape index (κ3) is 5.49. The van der Waals surface area contributed by atoms with E-state index in [4.69, 9.17) is 9.84 Å². The number of carbonyl (C=O) groups is 1. The number of carboxylic acid groups (broad SMARTS) is 1. The van der Waals surface area contributed by atoms with Crippen LogP contribution in [0.1, 0.15) is 31.4 Å². The van der Waals surface area contributed by atoms with Gasteiger partial charge < -0.3 is 19.7 Å². The van der Waals surface area contributed by atoms with Crippen LogP contribution in [0.4, 0.5) is 5.82 Å². The van der Waals surface area contributed by atoms with Gasteiger partial charge in [0.25, 0.3) is 0 Å². The summed E-state index contributed by atoms with van der Waals surface area (Å²) in [6.45, 7) is 1.48. The third-order valence-electron chi connectivity index (χ3n) is 4.72. The van der Waals surface area contributed by atoms with Crippen LogP contribution in [0.3, 0.4) is 0 Å². The normalized spacial score (nSPS) is 10.9. The first kappa shape index (κ1) is 19.7. The van der Waals surface area contributed by atoms with E-state index in [1.807, 2.05) is 31.3 Å². The van der Waals surface area contributed by atoms with Crippen LogP contribution in [0.5, 0.6) is 5.75 Å². The SMILES string of the molecule is CNc1cccc(CCOc2ccc3c(ccn3CCCCCC(=O)O)c2)n1. The summed E-state index contributed by atoms with van der Waals surface area (Å²) in [4.78, 5) is 15.1. The molecule has 0 bridgehead atoms. The minimum atomic E-state index is -0.718. The van der Waals surface area contributed by atoms with Crippen LogP contribution in [0.2, 0.25) is 0 Å². The molecule has 0 saturated carbocycles. The molecule has 0 aliphatic carbocycles. The standard InChI is InChI=1S/C22H27N3O3/c1-23-21-7-5-6-18(24-21)12-15-28-19-9-10-20-17(16-19)11-14-25(20)13-4-2-3-8-22(26)27/h5-7,9-11,14,16H,2-4,8,12-13,15H2,1H3,(H,23,24)(H,26,27). The number of fused-ring (bicyclic) bond motifs is 1. The predicted molar refractivity (Wildman–Crippen MR) is 111 cm³/mol. The number of unbranched alkanes of at least 4 members (excludes halogenated alkanes) is 2. The van der Waals surface area contributed by atoms with E-state index in [1.165, 1.54) is 5.52 Å². The van der Waals surface area contributed by atoms with Gasteiger partial charge in [-0.25, -0.2) is 4.98 Å². The first-order chi connectivity index (χ1) is 13.7. The molecule has 6 nitrogen and oxygen atoms in total. The van der Waals surface area contributed by atoms with E-state index in [0.717, 1.165) is 54.9 Å². The molecule has 0 spiro atoms. The van der Waals surface area contributed by atoms with Crippen LogP contribution in [-0.4, -0.2) is 34.3 Å². The Morgan fingerprint density at radius 3 is 2.89 bits per heavy atom. The highest BCUT2D eigenvalue weighted by Gasteiger charge is 2.04. The van der Waals surface area contributed by atoms with Gasteiger partial charge in [0.1, 0.15) is 11.6 Å². The molecule has 2 heterocycles. The van der Waals surface area contributed by atoms with E-state index in [1.54, 1.807) is 0 Å². The molecule has 148 valence electrons. The molecule has 0 unspecified atom stereocenters. The number of aromatic nitrogens is 2. The van der Waals surface area contributed by atoms with Crippen LogP contribution in [0, 0.1) is 0 Å². The lowest BCUT2D eigenvalue weighted by atomic mass is 10.2. The van der Waals surface area contributed by atoms with Gasteiger partial charge in [0.2, 0.25) is 0 Å². The van der Waals surface area contributed by atoms with Gasteiger partial charge >= 0.3 is 5.97 Å². The number of ether oxygens (including phenoxy) is 1. The summed E-state index contributed by atoms with van der Waals surface area (Å²) in [7, 11) is 1.86. The zero-order valence-electron chi connectivity index (χ0n) is 16.2. The second-order valence-corrected chi connectivity index (χ2v) is 6.80. The van der Waals surface area contributed by atoms with Gasteiger partial charge in [-0.05, 0) is 49.2 Å². The highest BCUT2D eigenvalue weighted by molar-refractivity contribution is 5.81. The van der Waals surface area contributed by atoms with Crippen molar-refractivity contribution in [3.8, 4) is 5.75 Å². The second kappa shape index (κ2) is 9.78. The average molecular weight is 381 g/mol. The van der Waals surface area contributed by atoms with E-state index in [2.05, 4.69) is 39.3 Å². The summed E-state index contributed by atoms with van der Waals surface area (Å²) in [5.41, 5.74) is 2.18. The van der Waals surface area contributed by atoms with Crippen molar-refractivity contribution in [2.45, 2.75) is 38.6 Å². The zero-order chi connectivity index (χ0) is 19.8. The summed E-state index contributed by atoms with van der Waals surface area (Å²) in [6.07, 6.45) is 5.73. The summed E-state index contributed by atoms with van der Waals surface area (Å²) >= 11 is 0. The highest BCUT2D eigenvalue weighted by atomic mass is 16.5. The maximum Gasteiger partial charge on any atom is 0.303 e. The predicted octanol–water partition coefficient (Wildman–Crippen LogP) is 4.34. The first-order valence-corrected chi connectivity index (χ1v) is 9.73. The number of anilines is 1. The zero-order valence-corrected chi connectivity index (χ0v) is 16.2. The van der Waals surface area contributed by atoms with Crippen molar-refractivity contribution in [3.63, 3.8) is 0 Å². The average Bonchev–Trinajstić information content (AvgIpc) is 3.10. The smallest absolute Gasteiger partial charge is 0.303 e. The molecule has 3 rings (SSSR count). The Hall–Kier alpha value is -3.02. The second-order valence-electron chi connectivity index (χ2n) is 6.80. The quantitative estimate of drug-likeness (QED) is 0.483. The molecular formula is C22H27N3O3. The van der Waals surface area contributed by atoms with Crippen LogP contribution in [0.25, 0.3) is 10.9 Å². The number of rotatable bonds is 11. The molecule has 1 aromatic carbocycles. The number of benzene rings is 1. The molecule has 0 amide bonds. The van der Waals surface area contributed by atoms with E-state index >= 15 is 0 Å². The Balaban J connectivity index is 1.51. The molecule has 6 heteroatoms. The summed E-state index contributed by atoms with van der Waals surface area (Å²) in [5.74, 6) is 1.00. The fourth-order valence-corrected chi connectivity index (χ4v) is 3.23. The fourth-order valence-electron chi connectivity index (χ4n) is 3.23. The van der Waals surface area contributed by atoms with Gasteiger partial charge in [0, 0.05) is 49.2 Å². The lowest BCUT2D eigenvalue weighted by molar-refractivity contribution is -0.137. The molecule has 0 fully saturated rings. The molecule has 0 radical (unpaired) electrons. The third-order valence-corrected chi connectivity index (χ3v) is 4.72. The maximum absolute atomic E-state index is 10.6. The van der Waals surface area contributed by atoms with Crippen molar-refractivity contribution in [2.24, 2.45) is 0 Å². The van der Waals surface area contributed by atoms with Gasteiger partial charge in [0.15, 0.2) is 0 Å². The summed E-state index contributed by atoms with van der Waals surface area (Å²) in [5, 5.41) is 12.9. The van der Waals surface area contributed by atoms with Crippen molar-refractivity contribution >= 4 is 22.7 Å². The Morgan fingerprint density at radius 2 is 2.07 bits per heavy atom. The summed E-state index contributed by atoms with van der Waals surface area (Å²) < 4.78 is 8.13. The van der Waals surface area contributed by atoms with Crippen molar-refractivity contribution in [1.29, 1.82) is 0 Å². The minimum Gasteiger partial charge on any atom is -0.493 e. The van der Waals surface area contributed by atoms with Crippen molar-refractivity contribution in [2.75, 3.05) is 19.0 Å². The van der Waals surface area contributed by atoms with Crippen LogP contribution >= 0.6 is 0 Å². The molecule has 0 saturated heterocycles. The monoisotopic (exact) mass is 381 g/mol. The van der Waals surface area contributed by atoms with Crippen LogP contribution in [-0.2, 0) is 17.8 Å². The fraction of sp³-hybridized carbons (Fsp3) is 0.364. The number of hydrogen-bond donors (Lipinski definition) is 2. The number of nitrogens with zero attached hydrogens (tertiary/aromatic N) is 2. The molecule has 0 aliphatic rings. The highest BCUT2D eigenvalue weighted by Crippen LogP contribution is 2.23. The minimum absolute atomic E-state index is 0.252. The van der Waals surface area contributed by atoms with Gasteiger partial charge in [-0.1, -0.05) is 12.5 Å². The lowest BCUT2D eigenvalue weighted by Crippen LogP contribution is -2.04. The molecule has 3 aromatic rings. The van der Waals surface area contributed by atoms with Crippen molar-refractivity contribution < 1.29 is 14.6 Å². The molecule has 0 aliphatic heterocycles. The Kier molecular flexibility index (Phi) is 6.89. The van der Waals surface area contributed by atoms with Gasteiger partial charge in [-0.3, -0.25) is 4.79 Å². The van der Waals surface area contributed by atoms with E-state index in [-0.39, 0.29) is 6.42 Å². The molecular weight excluding hydrogens is 354 g/mol. The molecule has 2 aromatic heterocycles. The van der Waals surface area contributed by atoms with Gasteiger partial charge in [0.05, 0.1) is 6.61 Å². The van der Waals surface area contributed by atoms with Gasteiger partial charge in [-0.2, -0.15) is 0 Å². The Bertz CT molecular complexity index is 920. The topological polar surface area (TPSA) is 76.4 Å². The summed E-state index contributed by atoms with van der Waals surface area (Å²) in [6, 6.07) is 14.2. The molecule has 2 N–H and O–H groups in total. The van der Waals surface area contributed by atoms with Crippen LogP contribution in [0.15, 0.2) is 48.7 Å². The van der Waals surface area contributed by atoms with Crippen molar-refractivity contribution in [3.05, 3.63) is 54.4 Å².